The van der Waals surface area contributed by atoms with Gasteiger partial charge in [0.05, 0.1) is 17.3 Å². The minimum absolute atomic E-state index is 0.00567. The van der Waals surface area contributed by atoms with Crippen LogP contribution >= 0.6 is 0 Å². The number of nitrogens with zero attached hydrogens (tertiary/aromatic N) is 2. The predicted molar refractivity (Wildman–Crippen MR) is 169 cm³/mol. The normalized spacial score (nSPS) is 12.8. The minimum atomic E-state index is -4.53. The zero-order valence-electron chi connectivity index (χ0n) is 26.5. The summed E-state index contributed by atoms with van der Waals surface area (Å²) < 4.78 is 78.8. The van der Waals surface area contributed by atoms with E-state index in [0.29, 0.717) is 30.3 Å². The Kier molecular flexibility index (Phi) is 12.4. The van der Waals surface area contributed by atoms with Gasteiger partial charge in [0.15, 0.2) is 0 Å². The number of carbonyl (C=O) groups is 2. The summed E-state index contributed by atoms with van der Waals surface area (Å²) in [4.78, 5) is 33.1. The van der Waals surface area contributed by atoms with Crippen molar-refractivity contribution < 1.29 is 40.7 Å². The minimum Gasteiger partial charge on any atom is -0.456 e. The molecule has 2 atom stereocenters. The molecule has 48 heavy (non-hydrogen) atoms. The fourth-order valence-corrected chi connectivity index (χ4v) is 5.23. The molecule has 1 amide bonds. The van der Waals surface area contributed by atoms with Crippen molar-refractivity contribution in [2.24, 2.45) is 5.73 Å². The van der Waals surface area contributed by atoms with Gasteiger partial charge >= 0.3 is 12.1 Å². The molecule has 0 aliphatic heterocycles. The van der Waals surface area contributed by atoms with E-state index in [4.69, 9.17) is 14.9 Å². The summed E-state index contributed by atoms with van der Waals surface area (Å²) in [5.74, 6) is -2.62. The first-order chi connectivity index (χ1) is 22.9. The van der Waals surface area contributed by atoms with E-state index in [1.165, 1.54) is 36.7 Å². The third-order valence-electron chi connectivity index (χ3n) is 7.43. The zero-order valence-corrected chi connectivity index (χ0v) is 26.5. The number of halogens is 5. The average molecular weight is 673 g/mol. The molecule has 4 aromatic rings. The number of nitrogens with two attached hydrogens (primary N) is 1. The number of oxazole rings is 1. The Labute approximate surface area is 275 Å². The first kappa shape index (κ1) is 36.2. The van der Waals surface area contributed by atoms with Crippen molar-refractivity contribution in [2.45, 2.75) is 58.0 Å². The molecule has 0 aliphatic carbocycles. The van der Waals surface area contributed by atoms with Crippen LogP contribution in [0.4, 0.5) is 22.0 Å². The molecule has 0 saturated heterocycles. The second kappa shape index (κ2) is 16.5. The molecule has 0 spiro atoms. The van der Waals surface area contributed by atoms with Crippen LogP contribution in [-0.4, -0.2) is 53.5 Å². The standard InChI is InChI=1S/C35H37F5N4O4/c1-3-9-44(10-4-2)33(45)25-16-24(32-43-8-11-47-32)17-26(18-25)34(46)48-31(30(41)15-23-13-28(36)19-29(37)14-23)21-42-20-22-6-5-7-27(12-22)35(38,39)40/h5-8,11-14,16-19,30-31,42H,3-4,9-10,15,20-21,41H2,1-2H3. The van der Waals surface area contributed by atoms with Crippen LogP contribution in [0.5, 0.6) is 0 Å². The highest BCUT2D eigenvalue weighted by atomic mass is 19.4. The lowest BCUT2D eigenvalue weighted by Crippen LogP contribution is -2.46. The van der Waals surface area contributed by atoms with Gasteiger partial charge in [-0.3, -0.25) is 4.79 Å². The molecule has 8 nitrogen and oxygen atoms in total. The quantitative estimate of drug-likeness (QED) is 0.106. The Hall–Kier alpha value is -4.62. The maximum Gasteiger partial charge on any atom is 0.416 e. The predicted octanol–water partition coefficient (Wildman–Crippen LogP) is 6.79. The number of hydrogen-bond donors (Lipinski definition) is 2. The number of hydrogen-bond acceptors (Lipinski definition) is 7. The van der Waals surface area contributed by atoms with Crippen LogP contribution in [0.2, 0.25) is 0 Å². The number of esters is 1. The number of carbonyl (C=O) groups excluding carboxylic acids is 2. The number of rotatable bonds is 15. The summed E-state index contributed by atoms with van der Waals surface area (Å²) in [6.07, 6.45) is -1.52. The molecule has 13 heteroatoms. The summed E-state index contributed by atoms with van der Waals surface area (Å²) in [7, 11) is 0. The smallest absolute Gasteiger partial charge is 0.416 e. The lowest BCUT2D eigenvalue weighted by atomic mass is 10.0. The SMILES string of the molecule is CCCN(CCC)C(=O)c1cc(C(=O)OC(CNCc2cccc(C(F)(F)F)c2)C(N)Cc2cc(F)cc(F)c2)cc(-c2ncco2)c1. The second-order valence-electron chi connectivity index (χ2n) is 11.3. The molecular weight excluding hydrogens is 635 g/mol. The molecule has 4 rings (SSSR count). The Morgan fingerprint density at radius 3 is 2.27 bits per heavy atom. The van der Waals surface area contributed by atoms with Crippen molar-refractivity contribution in [1.29, 1.82) is 0 Å². The van der Waals surface area contributed by atoms with Gasteiger partial charge in [-0.2, -0.15) is 13.2 Å². The number of benzene rings is 3. The van der Waals surface area contributed by atoms with Crippen LogP contribution in [-0.2, 0) is 23.9 Å². The molecule has 256 valence electrons. The third kappa shape index (κ3) is 9.94. The largest absolute Gasteiger partial charge is 0.456 e. The number of ether oxygens (including phenoxy) is 1. The molecule has 0 saturated carbocycles. The van der Waals surface area contributed by atoms with Crippen LogP contribution in [0.25, 0.3) is 11.5 Å². The van der Waals surface area contributed by atoms with Gasteiger partial charge in [-0.15, -0.1) is 0 Å². The van der Waals surface area contributed by atoms with Gasteiger partial charge in [0, 0.05) is 49.4 Å². The highest BCUT2D eigenvalue weighted by molar-refractivity contribution is 5.99. The van der Waals surface area contributed by atoms with E-state index in [2.05, 4.69) is 10.3 Å². The van der Waals surface area contributed by atoms with Crippen molar-refractivity contribution in [1.82, 2.24) is 15.2 Å². The van der Waals surface area contributed by atoms with Crippen molar-refractivity contribution >= 4 is 11.9 Å². The molecule has 0 aliphatic rings. The number of nitrogens with one attached hydrogen (secondary N) is 1. The summed E-state index contributed by atoms with van der Waals surface area (Å²) in [6.45, 7) is 4.76. The Morgan fingerprint density at radius 1 is 0.958 bits per heavy atom. The molecule has 2 unspecified atom stereocenters. The van der Waals surface area contributed by atoms with Crippen LogP contribution < -0.4 is 11.1 Å². The second-order valence-corrected chi connectivity index (χ2v) is 11.3. The number of amides is 1. The van der Waals surface area contributed by atoms with Crippen molar-refractivity contribution in [2.75, 3.05) is 19.6 Å². The molecule has 1 heterocycles. The number of aromatic nitrogens is 1. The highest BCUT2D eigenvalue weighted by Crippen LogP contribution is 2.29. The van der Waals surface area contributed by atoms with E-state index in [0.717, 1.165) is 37.1 Å². The van der Waals surface area contributed by atoms with Crippen LogP contribution in [0.15, 0.2) is 77.5 Å². The lowest BCUT2D eigenvalue weighted by Gasteiger charge is -2.25. The zero-order chi connectivity index (χ0) is 34.8. The summed E-state index contributed by atoms with van der Waals surface area (Å²) in [5, 5.41) is 2.97. The van der Waals surface area contributed by atoms with Gasteiger partial charge in [-0.1, -0.05) is 32.0 Å². The average Bonchev–Trinajstić information content (AvgIpc) is 3.58. The maximum absolute atomic E-state index is 13.9. The molecule has 3 N–H and O–H groups in total. The molecule has 3 aromatic carbocycles. The third-order valence-corrected chi connectivity index (χ3v) is 7.43. The van der Waals surface area contributed by atoms with E-state index in [1.807, 2.05) is 13.8 Å². The van der Waals surface area contributed by atoms with Gasteiger partial charge in [-0.05, 0) is 66.8 Å². The fraction of sp³-hybridized carbons (Fsp3) is 0.343. The van der Waals surface area contributed by atoms with E-state index >= 15 is 0 Å². The first-order valence-corrected chi connectivity index (χ1v) is 15.5. The Bertz CT molecular complexity index is 1650. The van der Waals surface area contributed by atoms with E-state index in [-0.39, 0.29) is 48.0 Å². The molecule has 0 fully saturated rings. The van der Waals surface area contributed by atoms with E-state index in [1.54, 1.807) is 11.0 Å². The van der Waals surface area contributed by atoms with Gasteiger partial charge in [-0.25, -0.2) is 18.6 Å². The topological polar surface area (TPSA) is 111 Å². The first-order valence-electron chi connectivity index (χ1n) is 15.5. The van der Waals surface area contributed by atoms with Crippen molar-refractivity contribution in [3.05, 3.63) is 113 Å². The van der Waals surface area contributed by atoms with Gasteiger partial charge in [0.25, 0.3) is 5.91 Å². The lowest BCUT2D eigenvalue weighted by molar-refractivity contribution is -0.137. The van der Waals surface area contributed by atoms with Gasteiger partial charge < -0.3 is 25.1 Å². The molecule has 1 aromatic heterocycles. The van der Waals surface area contributed by atoms with Crippen LogP contribution in [0.3, 0.4) is 0 Å². The summed E-state index contributed by atoms with van der Waals surface area (Å²) >= 11 is 0. The van der Waals surface area contributed by atoms with Gasteiger partial charge in [0.2, 0.25) is 5.89 Å². The summed E-state index contributed by atoms with van der Waals surface area (Å²) in [6, 6.07) is 11.1. The van der Waals surface area contributed by atoms with E-state index in [9.17, 15) is 31.5 Å². The Morgan fingerprint density at radius 2 is 1.65 bits per heavy atom. The van der Waals surface area contributed by atoms with Gasteiger partial charge in [0.1, 0.15) is 24.0 Å². The molecule has 0 radical (unpaired) electrons. The Balaban J connectivity index is 1.62. The monoisotopic (exact) mass is 672 g/mol. The molecular formula is C35H37F5N4O4. The highest BCUT2D eigenvalue weighted by Gasteiger charge is 2.30. The van der Waals surface area contributed by atoms with Crippen LogP contribution in [0.1, 0.15) is 64.1 Å². The maximum atomic E-state index is 13.9. The number of alkyl halides is 3. The van der Waals surface area contributed by atoms with Crippen LogP contribution in [0, 0.1) is 11.6 Å². The fourth-order valence-electron chi connectivity index (χ4n) is 5.23. The van der Waals surface area contributed by atoms with Crippen molar-refractivity contribution in [3.8, 4) is 11.5 Å². The van der Waals surface area contributed by atoms with E-state index < -0.39 is 41.5 Å². The van der Waals surface area contributed by atoms with Crippen molar-refractivity contribution in [3.63, 3.8) is 0 Å². The molecule has 0 bridgehead atoms. The summed E-state index contributed by atoms with van der Waals surface area (Å²) in [5.41, 5.74) is 6.70.